The van der Waals surface area contributed by atoms with Crippen LogP contribution in [-0.4, -0.2) is 40.8 Å². The number of carbonyl (C=O) groups excluding carboxylic acids is 2. The third-order valence-electron chi connectivity index (χ3n) is 3.32. The number of phosphoric ester groups is 1. The summed E-state index contributed by atoms with van der Waals surface area (Å²) in [5.41, 5.74) is -1.28. The number of para-hydroxylation sites is 1. The van der Waals surface area contributed by atoms with Crippen LogP contribution in [0.2, 0.25) is 0 Å². The zero-order valence-electron chi connectivity index (χ0n) is 18.6. The highest BCUT2D eigenvalue weighted by atomic mass is 31.2. The summed E-state index contributed by atoms with van der Waals surface area (Å²) in [6.07, 6.45) is -0.815. The first kappa shape index (κ1) is 26.1. The van der Waals surface area contributed by atoms with Crippen molar-refractivity contribution in [2.75, 3.05) is 6.61 Å². The van der Waals surface area contributed by atoms with Gasteiger partial charge in [0.2, 0.25) is 0 Å². The fraction of sp³-hybridized carbons (Fsp3) is 0.600. The van der Waals surface area contributed by atoms with E-state index in [1.54, 1.807) is 59.7 Å². The Morgan fingerprint density at radius 1 is 1.10 bits per heavy atom. The molecule has 0 saturated carbocycles. The molecule has 170 valence electrons. The molecule has 0 saturated heterocycles. The van der Waals surface area contributed by atoms with E-state index >= 15 is 0 Å². The summed E-state index contributed by atoms with van der Waals surface area (Å²) < 4.78 is 34.9. The molecule has 0 aromatic heterocycles. The predicted octanol–water partition coefficient (Wildman–Crippen LogP) is 3.98. The van der Waals surface area contributed by atoms with Crippen LogP contribution in [0.15, 0.2) is 24.3 Å². The molecule has 0 radical (unpaired) electrons. The van der Waals surface area contributed by atoms with Gasteiger partial charge < -0.3 is 19.7 Å². The third-order valence-corrected chi connectivity index (χ3v) is 4.98. The number of Topliss-reactive ketones (excluding diaryl/α,β-unsaturated/α-hetero) is 1. The Morgan fingerprint density at radius 3 is 2.20 bits per heavy atom. The molecule has 0 spiro atoms. The van der Waals surface area contributed by atoms with Gasteiger partial charge in [0, 0.05) is 5.56 Å². The number of ketones is 1. The molecule has 10 heteroatoms. The Hall–Kier alpha value is -1.93. The maximum Gasteiger partial charge on any atom is 0.530 e. The summed E-state index contributed by atoms with van der Waals surface area (Å²) in [5.74, 6) is -0.314. The van der Waals surface area contributed by atoms with Crippen molar-refractivity contribution in [3.05, 3.63) is 29.8 Å². The summed E-state index contributed by atoms with van der Waals surface area (Å²) >= 11 is 0. The maximum atomic E-state index is 13.3. The highest BCUT2D eigenvalue weighted by molar-refractivity contribution is 7.49. The van der Waals surface area contributed by atoms with E-state index in [2.05, 4.69) is 5.32 Å². The van der Waals surface area contributed by atoms with Gasteiger partial charge in [0.1, 0.15) is 17.4 Å². The van der Waals surface area contributed by atoms with Crippen LogP contribution in [0.25, 0.3) is 0 Å². The summed E-state index contributed by atoms with van der Waals surface area (Å²) in [6.45, 7) is 10.5. The lowest BCUT2D eigenvalue weighted by Gasteiger charge is -2.28. The van der Waals surface area contributed by atoms with E-state index in [0.717, 1.165) is 0 Å². The highest BCUT2D eigenvalue weighted by Gasteiger charge is 2.37. The smallest absolute Gasteiger partial charge is 0.444 e. The fourth-order valence-electron chi connectivity index (χ4n) is 2.13. The average molecular weight is 445 g/mol. The van der Waals surface area contributed by atoms with Crippen molar-refractivity contribution in [3.8, 4) is 5.75 Å². The monoisotopic (exact) mass is 445 g/mol. The second-order valence-electron chi connectivity index (χ2n) is 8.61. The molecular weight excluding hydrogens is 413 g/mol. The van der Waals surface area contributed by atoms with Crippen LogP contribution < -0.4 is 9.84 Å². The van der Waals surface area contributed by atoms with Gasteiger partial charge in [-0.1, -0.05) is 18.2 Å². The van der Waals surface area contributed by atoms with Crippen LogP contribution in [0.4, 0.5) is 4.79 Å². The molecule has 0 aliphatic rings. The summed E-state index contributed by atoms with van der Waals surface area (Å²) in [4.78, 5) is 24.0. The molecule has 9 nitrogen and oxygen atoms in total. The molecule has 0 fully saturated rings. The molecule has 2 atom stereocenters. The van der Waals surface area contributed by atoms with Crippen molar-refractivity contribution in [2.24, 2.45) is 0 Å². The Balaban J connectivity index is 3.01. The number of amides is 1. The number of aliphatic hydroxyl groups is 1. The number of hydrogen-bond donors (Lipinski definition) is 2. The van der Waals surface area contributed by atoms with Crippen molar-refractivity contribution in [3.63, 3.8) is 0 Å². The minimum Gasteiger partial charge on any atom is -0.444 e. The largest absolute Gasteiger partial charge is 0.530 e. The number of benzene rings is 1. The van der Waals surface area contributed by atoms with E-state index in [0.29, 0.717) is 5.56 Å². The summed E-state index contributed by atoms with van der Waals surface area (Å²) in [6, 6.07) is 5.30. The first-order valence-electron chi connectivity index (χ1n) is 9.48. The quantitative estimate of drug-likeness (QED) is 0.548. The van der Waals surface area contributed by atoms with Crippen LogP contribution in [-0.2, 0) is 29.8 Å². The molecule has 1 aromatic rings. The molecule has 2 N–H and O–H groups in total. The van der Waals surface area contributed by atoms with Gasteiger partial charge in [-0.05, 0) is 54.5 Å². The molecule has 1 unspecified atom stereocenters. The first-order chi connectivity index (χ1) is 13.6. The number of carbonyl (C=O) groups is 2. The van der Waals surface area contributed by atoms with Gasteiger partial charge in [-0.15, -0.1) is 0 Å². The van der Waals surface area contributed by atoms with E-state index in [-0.39, 0.29) is 12.4 Å². The van der Waals surface area contributed by atoms with Gasteiger partial charge >= 0.3 is 13.9 Å². The molecule has 1 aromatic carbocycles. The summed E-state index contributed by atoms with van der Waals surface area (Å²) in [7, 11) is -4.24. The third kappa shape index (κ3) is 9.71. The lowest BCUT2D eigenvalue weighted by Crippen LogP contribution is -2.45. The Labute approximate surface area is 177 Å². The summed E-state index contributed by atoms with van der Waals surface area (Å²) in [5, 5.41) is 11.9. The van der Waals surface area contributed by atoms with Crippen LogP contribution in [0.1, 0.15) is 54.0 Å². The molecule has 0 heterocycles. The van der Waals surface area contributed by atoms with E-state index in [1.165, 1.54) is 13.0 Å². The SMILES string of the molecule is CC(=O)[C@H](COP(=O)(Oc1ccccc1CO)OC(C)(C)C)NC(=O)OC(C)(C)C. The number of aliphatic hydroxyl groups excluding tert-OH is 1. The Morgan fingerprint density at radius 2 is 1.70 bits per heavy atom. The first-order valence-corrected chi connectivity index (χ1v) is 10.9. The van der Waals surface area contributed by atoms with Crippen molar-refractivity contribution >= 4 is 19.7 Å². The predicted molar refractivity (Wildman–Crippen MR) is 111 cm³/mol. The van der Waals surface area contributed by atoms with Gasteiger partial charge in [0.25, 0.3) is 0 Å². The van der Waals surface area contributed by atoms with Gasteiger partial charge in [-0.3, -0.25) is 13.8 Å². The molecule has 1 rings (SSSR count). The van der Waals surface area contributed by atoms with Gasteiger partial charge in [0.05, 0.1) is 18.8 Å². The van der Waals surface area contributed by atoms with Crippen molar-refractivity contribution < 1.29 is 37.6 Å². The maximum absolute atomic E-state index is 13.3. The van der Waals surface area contributed by atoms with Gasteiger partial charge in [0.15, 0.2) is 5.78 Å². The zero-order chi connectivity index (χ0) is 23.2. The number of alkyl carbamates (subject to hydrolysis) is 1. The lowest BCUT2D eigenvalue weighted by molar-refractivity contribution is -0.119. The minimum absolute atomic E-state index is 0.118. The number of ether oxygens (including phenoxy) is 1. The van der Waals surface area contributed by atoms with Crippen LogP contribution in [0, 0.1) is 0 Å². The molecular formula is C20H32NO8P. The van der Waals surface area contributed by atoms with Crippen LogP contribution in [0.5, 0.6) is 5.75 Å². The Bertz CT molecular complexity index is 782. The highest BCUT2D eigenvalue weighted by Crippen LogP contribution is 2.53. The number of phosphoric acid groups is 1. The second kappa shape index (κ2) is 10.4. The van der Waals surface area contributed by atoms with E-state index in [4.69, 9.17) is 18.3 Å². The number of nitrogens with one attached hydrogen (secondary N) is 1. The Kier molecular flexibility index (Phi) is 9.05. The van der Waals surface area contributed by atoms with Crippen molar-refractivity contribution in [1.82, 2.24) is 5.32 Å². The molecule has 0 aliphatic carbocycles. The minimum atomic E-state index is -4.24. The normalized spacial score (nSPS) is 15.1. The van der Waals surface area contributed by atoms with Crippen LogP contribution in [0.3, 0.4) is 0 Å². The molecule has 1 amide bonds. The van der Waals surface area contributed by atoms with E-state index < -0.39 is 43.6 Å². The van der Waals surface area contributed by atoms with Gasteiger partial charge in [-0.25, -0.2) is 9.36 Å². The fourth-order valence-corrected chi connectivity index (χ4v) is 3.69. The second-order valence-corrected chi connectivity index (χ2v) is 10.1. The number of rotatable bonds is 9. The molecule has 0 aliphatic heterocycles. The van der Waals surface area contributed by atoms with E-state index in [9.17, 15) is 19.3 Å². The average Bonchev–Trinajstić information content (AvgIpc) is 2.55. The topological polar surface area (TPSA) is 120 Å². The lowest BCUT2D eigenvalue weighted by atomic mass is 10.2. The van der Waals surface area contributed by atoms with E-state index in [1.807, 2.05) is 0 Å². The number of hydrogen-bond acceptors (Lipinski definition) is 8. The van der Waals surface area contributed by atoms with Crippen LogP contribution >= 0.6 is 7.82 Å². The molecule has 0 bridgehead atoms. The van der Waals surface area contributed by atoms with Crippen molar-refractivity contribution in [1.29, 1.82) is 0 Å². The molecule has 30 heavy (non-hydrogen) atoms. The zero-order valence-corrected chi connectivity index (χ0v) is 19.4. The van der Waals surface area contributed by atoms with Crippen molar-refractivity contribution in [2.45, 2.75) is 72.3 Å². The van der Waals surface area contributed by atoms with Gasteiger partial charge in [-0.2, -0.15) is 0 Å². The standard InChI is InChI=1S/C20H32NO8P/c1-14(23)16(21-18(24)27-19(2,3)4)13-26-30(25,29-20(5,6)7)28-17-11-9-8-10-15(17)12-22/h8-11,16,22H,12-13H2,1-7H3,(H,21,24)/t16-,30?/m0/s1.